The van der Waals surface area contributed by atoms with Crippen molar-refractivity contribution in [2.75, 3.05) is 19.7 Å². The minimum atomic E-state index is -5.79. The zero-order valence-electron chi connectivity index (χ0n) is 28.6. The molecule has 3 amide bonds. The average molecular weight is 740 g/mol. The molecule has 1 fully saturated rings. The van der Waals surface area contributed by atoms with Gasteiger partial charge in [0.15, 0.2) is 0 Å². The largest absolute Gasteiger partial charge is 0.399 e. The lowest BCUT2D eigenvalue weighted by Crippen LogP contribution is -2.61. The van der Waals surface area contributed by atoms with Gasteiger partial charge in [0.25, 0.3) is 5.91 Å². The van der Waals surface area contributed by atoms with Crippen molar-refractivity contribution in [3.8, 4) is 0 Å². The number of hydrogen-bond donors (Lipinski definition) is 3. The fourth-order valence-corrected chi connectivity index (χ4v) is 8.12. The molecule has 1 saturated heterocycles. The molecular formula is C37H40F2N3O7PS. The molecule has 2 aliphatic heterocycles. The van der Waals surface area contributed by atoms with Crippen molar-refractivity contribution in [1.29, 1.82) is 0 Å². The van der Waals surface area contributed by atoms with E-state index in [9.17, 15) is 37.5 Å². The Balaban J connectivity index is 1.27. The van der Waals surface area contributed by atoms with Crippen LogP contribution in [0.3, 0.4) is 0 Å². The Morgan fingerprint density at radius 1 is 1.00 bits per heavy atom. The summed E-state index contributed by atoms with van der Waals surface area (Å²) in [6.45, 7) is 8.63. The van der Waals surface area contributed by atoms with Gasteiger partial charge in [-0.1, -0.05) is 75.4 Å². The van der Waals surface area contributed by atoms with Crippen LogP contribution in [0.4, 0.5) is 8.78 Å². The summed E-state index contributed by atoms with van der Waals surface area (Å²) >= 11 is 0.998. The summed E-state index contributed by atoms with van der Waals surface area (Å²) in [6, 6.07) is 18.1. The summed E-state index contributed by atoms with van der Waals surface area (Å²) in [7, 11) is -5.79. The molecule has 10 nitrogen and oxygen atoms in total. The van der Waals surface area contributed by atoms with Gasteiger partial charge in [-0.3, -0.25) is 18.9 Å². The second-order valence-corrected chi connectivity index (χ2v) is 16.9. The van der Waals surface area contributed by atoms with Crippen LogP contribution in [0.2, 0.25) is 0 Å². The molecule has 6 rings (SSSR count). The van der Waals surface area contributed by atoms with Gasteiger partial charge in [-0.25, -0.2) is 0 Å². The number of fused-ring (bicyclic) bond motifs is 2. The van der Waals surface area contributed by atoms with Crippen molar-refractivity contribution in [3.63, 3.8) is 0 Å². The lowest BCUT2D eigenvalue weighted by atomic mass is 9.84. The highest BCUT2D eigenvalue weighted by Gasteiger charge is 2.50. The second-order valence-electron chi connectivity index (χ2n) is 14.2. The van der Waals surface area contributed by atoms with Crippen molar-refractivity contribution in [1.82, 2.24) is 15.1 Å². The third kappa shape index (κ3) is 7.36. The van der Waals surface area contributed by atoms with E-state index in [0.29, 0.717) is 30.8 Å². The van der Waals surface area contributed by atoms with Crippen molar-refractivity contribution in [2.45, 2.75) is 64.5 Å². The quantitative estimate of drug-likeness (QED) is 0.194. The van der Waals surface area contributed by atoms with Crippen LogP contribution in [-0.2, 0) is 37.5 Å². The normalized spacial score (nSPS) is 19.1. The van der Waals surface area contributed by atoms with Gasteiger partial charge in [-0.2, -0.15) is 8.78 Å². The molecule has 4 aromatic rings. The molecule has 3 heterocycles. The Bertz CT molecular complexity index is 2040. The number of halogens is 2. The van der Waals surface area contributed by atoms with Gasteiger partial charge in [-0.15, -0.1) is 11.3 Å². The minimum absolute atomic E-state index is 0.121. The van der Waals surface area contributed by atoms with Crippen molar-refractivity contribution in [2.24, 2.45) is 5.41 Å². The molecule has 0 aliphatic carbocycles. The zero-order valence-corrected chi connectivity index (χ0v) is 30.3. The summed E-state index contributed by atoms with van der Waals surface area (Å²) in [5.41, 5.74) is -2.15. The van der Waals surface area contributed by atoms with Gasteiger partial charge in [0.05, 0.1) is 18.0 Å². The van der Waals surface area contributed by atoms with Crippen LogP contribution < -0.4 is 5.32 Å². The number of thiophene rings is 1. The number of hydrogen-bond acceptors (Lipinski definition) is 6. The lowest BCUT2D eigenvalue weighted by molar-refractivity contribution is -0.153. The first-order chi connectivity index (χ1) is 24.0. The van der Waals surface area contributed by atoms with Gasteiger partial charge >= 0.3 is 13.3 Å². The first-order valence-electron chi connectivity index (χ1n) is 16.6. The van der Waals surface area contributed by atoms with Crippen LogP contribution in [0.1, 0.15) is 64.4 Å². The van der Waals surface area contributed by atoms with Gasteiger partial charge in [-0.05, 0) is 58.2 Å². The number of nitrogens with one attached hydrogen (secondary N) is 1. The predicted molar refractivity (Wildman–Crippen MR) is 189 cm³/mol. The van der Waals surface area contributed by atoms with Gasteiger partial charge in [0, 0.05) is 29.8 Å². The smallest absolute Gasteiger partial charge is 0.370 e. The Morgan fingerprint density at radius 3 is 2.37 bits per heavy atom. The van der Waals surface area contributed by atoms with E-state index in [1.807, 2.05) is 55.5 Å². The fraction of sp³-hybridized carbons (Fsp3) is 0.378. The third-order valence-corrected chi connectivity index (χ3v) is 11.7. The standard InChI is InChI=1S/C37H40F2N3O7PS/c1-22-9-5-8-12-27(22)29-21-41(15-16-49-29)34(44)28-18-23-10-6-7-11-24(23)20-42(28)35(45)32(36(2,3)4)40-33(43)31-19-25-17-26(13-14-30(25)51-31)37(38,39)50(46,47)48/h5-14,17,19,28-29,32H,15-16,18,20-21H2,1-4H3,(H,40,43)(H2,46,47,48)/t28-,29?,32?/m0/s1. The second kappa shape index (κ2) is 13.9. The summed E-state index contributed by atoms with van der Waals surface area (Å²) in [5, 5.41) is 3.06. The molecule has 3 N–H and O–H groups in total. The Hall–Kier alpha value is -4.00. The van der Waals surface area contributed by atoms with E-state index in [1.165, 1.54) is 12.1 Å². The summed E-state index contributed by atoms with van der Waals surface area (Å²) in [5.74, 6) is -1.26. The van der Waals surface area contributed by atoms with E-state index >= 15 is 0 Å². The molecule has 3 atom stereocenters. The van der Waals surface area contributed by atoms with Crippen molar-refractivity contribution in [3.05, 3.63) is 105 Å². The number of carbonyl (C=O) groups is 3. The fourth-order valence-electron chi connectivity index (χ4n) is 6.70. The van der Waals surface area contributed by atoms with E-state index in [2.05, 4.69) is 5.32 Å². The van der Waals surface area contributed by atoms with Crippen molar-refractivity contribution >= 4 is 46.7 Å². The first-order valence-corrected chi connectivity index (χ1v) is 19.0. The van der Waals surface area contributed by atoms with Crippen LogP contribution in [0, 0.1) is 12.3 Å². The number of amides is 3. The number of rotatable bonds is 7. The maximum absolute atomic E-state index is 14.6. The van der Waals surface area contributed by atoms with E-state index < -0.39 is 48.1 Å². The van der Waals surface area contributed by atoms with Crippen molar-refractivity contribution < 1.29 is 42.3 Å². The van der Waals surface area contributed by atoms with E-state index in [4.69, 9.17) is 4.74 Å². The third-order valence-electron chi connectivity index (χ3n) is 9.57. The Kier molecular flexibility index (Phi) is 9.99. The molecular weight excluding hydrogens is 699 g/mol. The molecule has 2 unspecified atom stereocenters. The molecule has 3 aromatic carbocycles. The number of morpholine rings is 1. The van der Waals surface area contributed by atoms with Crippen LogP contribution >= 0.6 is 18.9 Å². The van der Waals surface area contributed by atoms with Crippen LogP contribution in [-0.4, -0.2) is 69.1 Å². The van der Waals surface area contributed by atoms with Crippen LogP contribution in [0.5, 0.6) is 0 Å². The molecule has 0 radical (unpaired) electrons. The number of nitrogens with zero attached hydrogens (tertiary/aromatic N) is 2. The van der Waals surface area contributed by atoms with Gasteiger partial charge in [0.1, 0.15) is 18.2 Å². The van der Waals surface area contributed by atoms with Gasteiger partial charge in [0.2, 0.25) is 11.8 Å². The Labute approximate surface area is 298 Å². The molecule has 0 saturated carbocycles. The van der Waals surface area contributed by atoms with E-state index in [-0.39, 0.29) is 28.8 Å². The highest BCUT2D eigenvalue weighted by molar-refractivity contribution is 7.52. The lowest BCUT2D eigenvalue weighted by Gasteiger charge is -2.43. The summed E-state index contributed by atoms with van der Waals surface area (Å²) < 4.78 is 46.8. The molecule has 0 spiro atoms. The number of benzene rings is 3. The topological polar surface area (TPSA) is 136 Å². The Morgan fingerprint density at radius 2 is 1.69 bits per heavy atom. The summed E-state index contributed by atoms with van der Waals surface area (Å²) in [4.78, 5) is 64.6. The molecule has 270 valence electrons. The number of carbonyl (C=O) groups excluding carboxylic acids is 3. The predicted octanol–water partition coefficient (Wildman–Crippen LogP) is 6.13. The molecule has 51 heavy (non-hydrogen) atoms. The average Bonchev–Trinajstić information content (AvgIpc) is 3.52. The molecule has 2 aliphatic rings. The SMILES string of the molecule is Cc1ccccc1C1CN(C(=O)[C@@H]2Cc3ccccc3CN2C(=O)C(NC(=O)c2cc3cc(C(F)(F)P(=O)(O)O)ccc3s2)C(C)(C)C)CCO1. The maximum atomic E-state index is 14.6. The number of aryl methyl sites for hydroxylation is 1. The monoisotopic (exact) mass is 739 g/mol. The maximum Gasteiger partial charge on any atom is 0.399 e. The van der Waals surface area contributed by atoms with Gasteiger partial charge < -0.3 is 29.6 Å². The zero-order chi connectivity index (χ0) is 36.9. The first kappa shape index (κ1) is 36.8. The molecule has 14 heteroatoms. The number of alkyl halides is 2. The van der Waals surface area contributed by atoms with E-state index in [0.717, 1.165) is 45.7 Å². The summed E-state index contributed by atoms with van der Waals surface area (Å²) in [6.07, 6.45) is -0.0125. The molecule has 1 aromatic heterocycles. The number of ether oxygens (including phenoxy) is 1. The van der Waals surface area contributed by atoms with Crippen LogP contribution in [0.15, 0.2) is 72.8 Å². The highest BCUT2D eigenvalue weighted by atomic mass is 32.1. The highest BCUT2D eigenvalue weighted by Crippen LogP contribution is 2.59. The molecule has 0 bridgehead atoms. The van der Waals surface area contributed by atoms with Crippen LogP contribution in [0.25, 0.3) is 10.1 Å². The van der Waals surface area contributed by atoms with E-state index in [1.54, 1.807) is 30.6 Å². The minimum Gasteiger partial charge on any atom is -0.370 e.